The Hall–Kier alpha value is -6.38. The highest BCUT2D eigenvalue weighted by Gasteiger charge is 2.51. The zero-order valence-electron chi connectivity index (χ0n) is 26.6. The van der Waals surface area contributed by atoms with Gasteiger partial charge in [-0.25, -0.2) is 0 Å². The van der Waals surface area contributed by atoms with Crippen molar-refractivity contribution in [2.24, 2.45) is 0 Å². The minimum absolute atomic E-state index is 0.507. The lowest BCUT2D eigenvalue weighted by molar-refractivity contribution is 0.436. The lowest BCUT2D eigenvalue weighted by atomic mass is 9.66. The molecule has 2 heteroatoms. The van der Waals surface area contributed by atoms with Crippen LogP contribution < -0.4 is 4.74 Å². The molecule has 0 atom stereocenters. The Morgan fingerprint density at radius 1 is 0.388 bits per heavy atom. The summed E-state index contributed by atoms with van der Waals surface area (Å²) in [6.07, 6.45) is 0. The van der Waals surface area contributed by atoms with Gasteiger partial charge in [-0.15, -0.1) is 0 Å². The monoisotopic (exact) mass is 623 g/mol. The predicted octanol–water partition coefficient (Wildman–Crippen LogP) is 12.1. The van der Waals surface area contributed by atoms with Gasteiger partial charge in [-0.2, -0.15) is 0 Å². The summed E-state index contributed by atoms with van der Waals surface area (Å²) in [5, 5.41) is 5.03. The molecule has 1 aliphatic heterocycles. The van der Waals surface area contributed by atoms with Crippen LogP contribution in [0.5, 0.6) is 11.5 Å². The van der Waals surface area contributed by atoms with Crippen LogP contribution in [0.3, 0.4) is 0 Å². The number of hydrogen-bond donors (Lipinski definition) is 0. The van der Waals surface area contributed by atoms with E-state index in [0.717, 1.165) is 17.2 Å². The third-order valence-corrected chi connectivity index (χ3v) is 10.8. The van der Waals surface area contributed by atoms with Crippen LogP contribution >= 0.6 is 0 Å². The standard InChI is InChI=1S/C47H29NO/c1-2-12-32-27-33(22-21-30(32)11-1)31-23-25-34(26-24-31)48-43-18-8-4-14-36(43)38-28-37-35-13-3-5-15-39(35)47(42(37)29-44(38)48)40-16-6-9-19-45(40)49-46-20-10-7-17-41(46)47/h1-29H. The van der Waals surface area contributed by atoms with E-state index in [9.17, 15) is 0 Å². The highest BCUT2D eigenvalue weighted by atomic mass is 16.5. The molecular weight excluding hydrogens is 595 g/mol. The maximum Gasteiger partial charge on any atom is 0.132 e. The maximum absolute atomic E-state index is 6.59. The lowest BCUT2D eigenvalue weighted by Gasteiger charge is -2.39. The molecule has 228 valence electrons. The molecule has 8 aromatic carbocycles. The normalized spacial score (nSPS) is 13.6. The Balaban J connectivity index is 1.19. The van der Waals surface area contributed by atoms with Crippen LogP contribution in [0.2, 0.25) is 0 Å². The topological polar surface area (TPSA) is 14.2 Å². The van der Waals surface area contributed by atoms with E-state index in [0.29, 0.717) is 0 Å². The van der Waals surface area contributed by atoms with Gasteiger partial charge in [0.05, 0.1) is 16.4 Å². The van der Waals surface area contributed by atoms with Gasteiger partial charge in [0.25, 0.3) is 0 Å². The summed E-state index contributed by atoms with van der Waals surface area (Å²) < 4.78 is 9.04. The zero-order chi connectivity index (χ0) is 32.1. The van der Waals surface area contributed by atoms with Crippen molar-refractivity contribution in [1.29, 1.82) is 0 Å². The van der Waals surface area contributed by atoms with Gasteiger partial charge < -0.3 is 9.30 Å². The van der Waals surface area contributed by atoms with Crippen LogP contribution in [0.1, 0.15) is 22.3 Å². The van der Waals surface area contributed by atoms with E-state index in [4.69, 9.17) is 4.74 Å². The first-order chi connectivity index (χ1) is 24.3. The first kappa shape index (κ1) is 26.7. The number of fused-ring (bicyclic) bond motifs is 13. The van der Waals surface area contributed by atoms with E-state index in [1.54, 1.807) is 0 Å². The van der Waals surface area contributed by atoms with Crippen LogP contribution in [-0.4, -0.2) is 4.57 Å². The number of para-hydroxylation sites is 3. The molecule has 49 heavy (non-hydrogen) atoms. The number of ether oxygens (including phenoxy) is 1. The highest BCUT2D eigenvalue weighted by Crippen LogP contribution is 2.62. The number of benzene rings is 8. The van der Waals surface area contributed by atoms with E-state index in [-0.39, 0.29) is 0 Å². The second-order valence-corrected chi connectivity index (χ2v) is 13.3. The molecule has 2 nitrogen and oxygen atoms in total. The van der Waals surface area contributed by atoms with Crippen molar-refractivity contribution in [3.05, 3.63) is 198 Å². The van der Waals surface area contributed by atoms with Gasteiger partial charge in [0.1, 0.15) is 11.5 Å². The molecule has 0 amide bonds. The minimum atomic E-state index is -0.507. The molecule has 0 bridgehead atoms. The number of hydrogen-bond acceptors (Lipinski definition) is 1. The second kappa shape index (κ2) is 9.82. The molecule has 1 aromatic heterocycles. The van der Waals surface area contributed by atoms with Gasteiger partial charge in [0.2, 0.25) is 0 Å². The molecule has 0 saturated heterocycles. The summed E-state index contributed by atoms with van der Waals surface area (Å²) in [6.45, 7) is 0. The predicted molar refractivity (Wildman–Crippen MR) is 201 cm³/mol. The molecule has 0 fully saturated rings. The second-order valence-electron chi connectivity index (χ2n) is 13.3. The van der Waals surface area contributed by atoms with Gasteiger partial charge >= 0.3 is 0 Å². The van der Waals surface area contributed by atoms with E-state index in [2.05, 4.69) is 180 Å². The Kier molecular flexibility index (Phi) is 5.34. The van der Waals surface area contributed by atoms with Crippen LogP contribution in [-0.2, 0) is 5.41 Å². The van der Waals surface area contributed by atoms with Crippen LogP contribution in [0.15, 0.2) is 176 Å². The van der Waals surface area contributed by atoms with Gasteiger partial charge in [-0.3, -0.25) is 0 Å². The van der Waals surface area contributed by atoms with E-state index in [1.807, 2.05) is 0 Å². The van der Waals surface area contributed by atoms with E-state index < -0.39 is 5.41 Å². The molecule has 2 aliphatic rings. The largest absolute Gasteiger partial charge is 0.457 e. The van der Waals surface area contributed by atoms with Crippen molar-refractivity contribution in [1.82, 2.24) is 4.57 Å². The average molecular weight is 624 g/mol. The summed E-state index contributed by atoms with van der Waals surface area (Å²) in [7, 11) is 0. The van der Waals surface area contributed by atoms with Crippen LogP contribution in [0, 0.1) is 0 Å². The third kappa shape index (κ3) is 3.55. The van der Waals surface area contributed by atoms with Crippen molar-refractivity contribution >= 4 is 32.6 Å². The van der Waals surface area contributed by atoms with E-state index >= 15 is 0 Å². The fourth-order valence-electron chi connectivity index (χ4n) is 8.76. The smallest absolute Gasteiger partial charge is 0.132 e. The van der Waals surface area contributed by atoms with Crippen LogP contribution in [0.25, 0.3) is 60.5 Å². The van der Waals surface area contributed by atoms with Crippen LogP contribution in [0.4, 0.5) is 0 Å². The maximum atomic E-state index is 6.59. The summed E-state index contributed by atoms with van der Waals surface area (Å²) in [6, 6.07) is 64.2. The molecule has 2 heterocycles. The first-order valence-electron chi connectivity index (χ1n) is 16.9. The molecule has 1 spiro atoms. The fraction of sp³-hybridized carbons (Fsp3) is 0.0213. The third-order valence-electron chi connectivity index (χ3n) is 10.8. The molecule has 0 unspecified atom stereocenters. The Morgan fingerprint density at radius 3 is 1.82 bits per heavy atom. The Labute approximate surface area is 284 Å². The SMILES string of the molecule is c1ccc2c(c1)Oc1ccccc1C21c2ccccc2-c2cc3c4ccccc4n(-c4ccc(-c5ccc6ccccc6c5)cc4)c3cc21. The summed E-state index contributed by atoms with van der Waals surface area (Å²) >= 11 is 0. The van der Waals surface area contributed by atoms with Gasteiger partial charge in [0, 0.05) is 27.6 Å². The van der Waals surface area contributed by atoms with Gasteiger partial charge in [-0.1, -0.05) is 127 Å². The van der Waals surface area contributed by atoms with E-state index in [1.165, 1.54) is 77.1 Å². The lowest BCUT2D eigenvalue weighted by Crippen LogP contribution is -2.32. The van der Waals surface area contributed by atoms with Gasteiger partial charge in [0.15, 0.2) is 0 Å². The molecule has 9 aromatic rings. The first-order valence-corrected chi connectivity index (χ1v) is 16.9. The zero-order valence-corrected chi connectivity index (χ0v) is 26.6. The minimum Gasteiger partial charge on any atom is -0.457 e. The Morgan fingerprint density at radius 2 is 1.02 bits per heavy atom. The van der Waals surface area contributed by atoms with Crippen molar-refractivity contribution in [2.45, 2.75) is 5.41 Å². The van der Waals surface area contributed by atoms with Crippen molar-refractivity contribution in [2.75, 3.05) is 0 Å². The molecule has 1 aliphatic carbocycles. The van der Waals surface area contributed by atoms with Crippen molar-refractivity contribution < 1.29 is 4.74 Å². The van der Waals surface area contributed by atoms with Gasteiger partial charge in [-0.05, 0) is 92.7 Å². The average Bonchev–Trinajstić information content (AvgIpc) is 3.64. The quantitative estimate of drug-likeness (QED) is 0.187. The number of aromatic nitrogens is 1. The fourth-order valence-corrected chi connectivity index (χ4v) is 8.76. The Bertz CT molecular complexity index is 2760. The molecule has 11 rings (SSSR count). The molecule has 0 N–H and O–H groups in total. The number of rotatable bonds is 2. The number of nitrogens with zero attached hydrogens (tertiary/aromatic N) is 1. The molecule has 0 saturated carbocycles. The molecular formula is C47H29NO. The molecule has 0 radical (unpaired) electrons. The highest BCUT2D eigenvalue weighted by molar-refractivity contribution is 6.12. The van der Waals surface area contributed by atoms with Crippen molar-refractivity contribution in [3.63, 3.8) is 0 Å². The summed E-state index contributed by atoms with van der Waals surface area (Å²) in [5.41, 5.74) is 13.0. The van der Waals surface area contributed by atoms with Crippen molar-refractivity contribution in [3.8, 4) is 39.4 Å². The summed E-state index contributed by atoms with van der Waals surface area (Å²) in [5.74, 6) is 1.82. The summed E-state index contributed by atoms with van der Waals surface area (Å²) in [4.78, 5) is 0.